The summed E-state index contributed by atoms with van der Waals surface area (Å²) in [7, 11) is -9.92. The van der Waals surface area contributed by atoms with Crippen molar-refractivity contribution in [2.75, 3.05) is 39.6 Å². The Kier molecular flexibility index (Phi) is 72.2. The highest BCUT2D eigenvalue weighted by atomic mass is 31.2. The average molecular weight is 1480 g/mol. The van der Waals surface area contributed by atoms with E-state index in [4.69, 9.17) is 37.0 Å². The van der Waals surface area contributed by atoms with E-state index >= 15 is 0 Å². The Bertz CT molecular complexity index is 1940. The van der Waals surface area contributed by atoms with Gasteiger partial charge < -0.3 is 33.8 Å². The molecule has 101 heavy (non-hydrogen) atoms. The molecule has 0 aliphatic carbocycles. The predicted molar refractivity (Wildman–Crippen MR) is 414 cm³/mol. The molecule has 0 fully saturated rings. The first-order chi connectivity index (χ1) is 48.9. The molecule has 0 saturated carbocycles. The average Bonchev–Trinajstić information content (AvgIpc) is 0.935. The molecule has 6 atom stereocenters. The fraction of sp³-hybridized carbons (Fsp3) is 0.951. The second kappa shape index (κ2) is 73.6. The number of aliphatic hydroxyl groups excluding tert-OH is 1. The third-order valence-corrected chi connectivity index (χ3v) is 21.5. The van der Waals surface area contributed by atoms with Crippen LogP contribution in [-0.4, -0.2) is 96.7 Å². The van der Waals surface area contributed by atoms with Crippen LogP contribution in [0.2, 0.25) is 0 Å². The zero-order valence-electron chi connectivity index (χ0n) is 66.2. The van der Waals surface area contributed by atoms with Gasteiger partial charge in [-0.05, 0) is 37.5 Å². The minimum atomic E-state index is -4.96. The molecule has 0 spiro atoms. The summed E-state index contributed by atoms with van der Waals surface area (Å²) >= 11 is 0. The Morgan fingerprint density at radius 1 is 0.287 bits per heavy atom. The summed E-state index contributed by atoms with van der Waals surface area (Å²) in [5.74, 6) is -0.579. The number of unbranched alkanes of at least 4 members (excludes halogenated alkanes) is 50. The molecule has 0 aromatic rings. The van der Waals surface area contributed by atoms with Gasteiger partial charge in [0, 0.05) is 25.7 Å². The number of ether oxygens (including phenoxy) is 4. The van der Waals surface area contributed by atoms with Crippen LogP contribution in [0.25, 0.3) is 0 Å². The Morgan fingerprint density at radius 3 is 0.752 bits per heavy atom. The van der Waals surface area contributed by atoms with Gasteiger partial charge in [0.1, 0.15) is 19.3 Å². The summed E-state index contributed by atoms with van der Waals surface area (Å²) in [6.45, 7) is 9.63. The first-order valence-electron chi connectivity index (χ1n) is 42.5. The van der Waals surface area contributed by atoms with Crippen LogP contribution in [0, 0.1) is 11.8 Å². The van der Waals surface area contributed by atoms with Gasteiger partial charge in [0.05, 0.1) is 26.4 Å². The van der Waals surface area contributed by atoms with Crippen molar-refractivity contribution in [3.05, 3.63) is 0 Å². The molecule has 0 aromatic carbocycles. The smallest absolute Gasteiger partial charge is 0.462 e. The van der Waals surface area contributed by atoms with E-state index in [-0.39, 0.29) is 25.7 Å². The predicted octanol–water partition coefficient (Wildman–Crippen LogP) is 24.7. The highest BCUT2D eigenvalue weighted by molar-refractivity contribution is 7.47. The van der Waals surface area contributed by atoms with Crippen molar-refractivity contribution in [3.8, 4) is 0 Å². The molecule has 0 heterocycles. The van der Waals surface area contributed by atoms with Crippen LogP contribution in [0.4, 0.5) is 0 Å². The summed E-state index contributed by atoms with van der Waals surface area (Å²) in [5, 5.41) is 10.6. The van der Waals surface area contributed by atoms with Gasteiger partial charge >= 0.3 is 39.5 Å². The van der Waals surface area contributed by atoms with E-state index in [1.807, 2.05) is 0 Å². The molecule has 0 bridgehead atoms. The van der Waals surface area contributed by atoms with E-state index in [0.29, 0.717) is 25.7 Å². The molecule has 17 nitrogen and oxygen atoms in total. The van der Waals surface area contributed by atoms with E-state index in [1.165, 1.54) is 250 Å². The Hall–Kier alpha value is -1.94. The summed E-state index contributed by atoms with van der Waals surface area (Å²) in [5.41, 5.74) is 0. The third kappa shape index (κ3) is 74.7. The maximum absolute atomic E-state index is 13.1. The quantitative estimate of drug-likeness (QED) is 0.0222. The number of carbonyl (C=O) groups is 4. The van der Waals surface area contributed by atoms with E-state index < -0.39 is 97.5 Å². The van der Waals surface area contributed by atoms with Crippen molar-refractivity contribution < 1.29 is 80.2 Å². The molecule has 0 aliphatic rings. The normalized spacial score (nSPS) is 14.2. The molecular formula is C82H160O17P2. The first kappa shape index (κ1) is 99.1. The zero-order chi connectivity index (χ0) is 74.2. The summed E-state index contributed by atoms with van der Waals surface area (Å²) in [6, 6.07) is 0. The Morgan fingerprint density at radius 2 is 0.505 bits per heavy atom. The van der Waals surface area contributed by atoms with Gasteiger partial charge in [-0.15, -0.1) is 0 Å². The van der Waals surface area contributed by atoms with Crippen LogP contribution in [0.5, 0.6) is 0 Å². The van der Waals surface area contributed by atoms with Crippen LogP contribution in [0.15, 0.2) is 0 Å². The molecule has 19 heteroatoms. The van der Waals surface area contributed by atoms with Crippen molar-refractivity contribution in [2.24, 2.45) is 11.8 Å². The van der Waals surface area contributed by atoms with Crippen LogP contribution in [0.3, 0.4) is 0 Å². The fourth-order valence-corrected chi connectivity index (χ4v) is 14.3. The summed E-state index contributed by atoms with van der Waals surface area (Å²) in [6.07, 6.45) is 63.8. The van der Waals surface area contributed by atoms with E-state index in [9.17, 15) is 43.2 Å². The highest BCUT2D eigenvalue weighted by Gasteiger charge is 2.30. The van der Waals surface area contributed by atoms with Crippen molar-refractivity contribution in [2.45, 2.75) is 452 Å². The highest BCUT2D eigenvalue weighted by Crippen LogP contribution is 2.45. The molecule has 3 unspecified atom stereocenters. The second-order valence-electron chi connectivity index (χ2n) is 30.2. The maximum atomic E-state index is 13.1. The topological polar surface area (TPSA) is 237 Å². The van der Waals surface area contributed by atoms with Crippen molar-refractivity contribution in [3.63, 3.8) is 0 Å². The van der Waals surface area contributed by atoms with Crippen molar-refractivity contribution in [1.82, 2.24) is 0 Å². The lowest BCUT2D eigenvalue weighted by atomic mass is 9.99. The van der Waals surface area contributed by atoms with Gasteiger partial charge in [0.15, 0.2) is 12.2 Å². The first-order valence-corrected chi connectivity index (χ1v) is 45.5. The number of esters is 4. The van der Waals surface area contributed by atoms with Crippen molar-refractivity contribution in [1.29, 1.82) is 0 Å². The van der Waals surface area contributed by atoms with Gasteiger partial charge in [-0.25, -0.2) is 9.13 Å². The largest absolute Gasteiger partial charge is 0.472 e. The van der Waals surface area contributed by atoms with Crippen LogP contribution in [-0.2, 0) is 65.4 Å². The lowest BCUT2D eigenvalue weighted by molar-refractivity contribution is -0.161. The minimum Gasteiger partial charge on any atom is -0.462 e. The number of hydrogen-bond donors (Lipinski definition) is 3. The lowest BCUT2D eigenvalue weighted by Gasteiger charge is -2.21. The SMILES string of the molecule is CCCCCCCCCCCCCCCCCCCCCCCC(=O)O[C@H](COC(=O)CCCCCCCCCCCCCCCCC)COP(=O)(O)OC[C@@H](O)COP(=O)(O)OC[C@@H](COC(=O)CCCCCCCCCCC(C)CC)OC(=O)CCCCCCCCCCCCC(C)C. The molecule has 0 radical (unpaired) electrons. The van der Waals surface area contributed by atoms with Gasteiger partial charge in [-0.2, -0.15) is 0 Å². The van der Waals surface area contributed by atoms with Gasteiger partial charge in [0.2, 0.25) is 0 Å². The van der Waals surface area contributed by atoms with Gasteiger partial charge in [-0.3, -0.25) is 37.3 Å². The lowest BCUT2D eigenvalue weighted by Crippen LogP contribution is -2.30. The van der Waals surface area contributed by atoms with Gasteiger partial charge in [0.25, 0.3) is 0 Å². The Balaban J connectivity index is 5.24. The number of aliphatic hydroxyl groups is 1. The second-order valence-corrected chi connectivity index (χ2v) is 33.1. The molecular weight excluding hydrogens is 1320 g/mol. The van der Waals surface area contributed by atoms with Gasteiger partial charge in [-0.1, -0.05) is 382 Å². The van der Waals surface area contributed by atoms with E-state index in [0.717, 1.165) is 102 Å². The fourth-order valence-electron chi connectivity index (χ4n) is 12.7. The van der Waals surface area contributed by atoms with Crippen molar-refractivity contribution >= 4 is 39.5 Å². The number of phosphoric ester groups is 2. The third-order valence-electron chi connectivity index (χ3n) is 19.6. The number of rotatable bonds is 81. The molecule has 600 valence electrons. The molecule has 0 amide bonds. The standard InChI is InChI=1S/C82H160O17P2/c1-7-10-12-14-16-18-20-22-24-25-26-27-28-29-31-33-35-40-48-54-60-66-81(86)98-77(70-92-79(84)64-58-52-46-39-34-32-30-23-21-19-17-15-13-11-8-2)72-96-100(88,89)94-68-76(83)69-95-101(90,91)97-73-78(71-93-80(85)65-59-53-47-43-42-45-51-57-63-75(6)9-3)99-82(87)67-61-55-49-41-37-36-38-44-50-56-62-74(4)5/h74-78,83H,7-73H2,1-6H3,(H,88,89)(H,90,91)/t75?,76-,77-,78-/m1/s1. The molecule has 0 rings (SSSR count). The monoisotopic (exact) mass is 1480 g/mol. The van der Waals surface area contributed by atoms with Crippen LogP contribution < -0.4 is 0 Å². The van der Waals surface area contributed by atoms with E-state index in [2.05, 4.69) is 41.5 Å². The molecule has 0 aliphatic heterocycles. The zero-order valence-corrected chi connectivity index (χ0v) is 68.0. The number of hydrogen-bond acceptors (Lipinski definition) is 15. The molecule has 0 saturated heterocycles. The minimum absolute atomic E-state index is 0.106. The Labute approximate surface area is 619 Å². The number of carbonyl (C=O) groups excluding carboxylic acids is 4. The molecule has 0 aromatic heterocycles. The number of phosphoric acid groups is 2. The van der Waals surface area contributed by atoms with E-state index in [1.54, 1.807) is 0 Å². The molecule has 3 N–H and O–H groups in total. The maximum Gasteiger partial charge on any atom is 0.472 e. The summed E-state index contributed by atoms with van der Waals surface area (Å²) < 4.78 is 68.8. The van der Waals surface area contributed by atoms with Crippen LogP contribution >= 0.6 is 15.6 Å². The summed E-state index contributed by atoms with van der Waals surface area (Å²) in [4.78, 5) is 73.1. The van der Waals surface area contributed by atoms with Crippen LogP contribution in [0.1, 0.15) is 433 Å².